The summed E-state index contributed by atoms with van der Waals surface area (Å²) in [6, 6.07) is 16.9. The highest BCUT2D eigenvalue weighted by atomic mass is 19.1. The Hall–Kier alpha value is -6.03. The van der Waals surface area contributed by atoms with Crippen LogP contribution in [0, 0.1) is 23.4 Å². The van der Waals surface area contributed by atoms with E-state index in [1.165, 1.54) is 47.7 Å². The Bertz CT molecular complexity index is 3760. The zero-order valence-electron chi connectivity index (χ0n) is 68.3. The number of hydrogen-bond donors (Lipinski definition) is 5. The average molecular weight is 1570 g/mol. The van der Waals surface area contributed by atoms with Crippen molar-refractivity contribution >= 4 is 63.9 Å². The summed E-state index contributed by atoms with van der Waals surface area (Å²) >= 11 is 0. The smallest absolute Gasteiger partial charge is 0.426 e. The number of hydrogen-bond acceptors (Lipinski definition) is 20. The van der Waals surface area contributed by atoms with Crippen LogP contribution in [0.25, 0.3) is 0 Å². The fourth-order valence-electron chi connectivity index (χ4n) is 18.9. The van der Waals surface area contributed by atoms with Crippen LogP contribution in [0.15, 0.2) is 72.8 Å². The number of rotatable bonds is 19. The molecule has 13 heterocycles. The molecule has 7 N–H and O–H groups in total. The fourth-order valence-corrected chi connectivity index (χ4v) is 18.9. The van der Waals surface area contributed by atoms with Crippen molar-refractivity contribution < 1.29 is 79.9 Å². The molecule has 7 unspecified atom stereocenters. The van der Waals surface area contributed by atoms with E-state index in [-0.39, 0.29) is 132 Å². The summed E-state index contributed by atoms with van der Waals surface area (Å²) in [6.45, 7) is 33.9. The number of amides is 6. The van der Waals surface area contributed by atoms with E-state index in [9.17, 15) is 52.0 Å². The first kappa shape index (κ1) is 84.9. The van der Waals surface area contributed by atoms with Crippen LogP contribution >= 0.6 is 0 Å². The van der Waals surface area contributed by atoms with Gasteiger partial charge in [0.25, 0.3) is 0 Å². The molecule has 33 heteroatoms. The molecule has 13 atom stereocenters. The number of fused-ring (bicyclic) bond motifs is 6. The van der Waals surface area contributed by atoms with Crippen LogP contribution < -0.4 is 16.8 Å². The van der Waals surface area contributed by atoms with Gasteiger partial charge in [-0.05, 0) is 213 Å². The minimum absolute atomic E-state index is 0.0185. The summed E-state index contributed by atoms with van der Waals surface area (Å²) in [5, 5.41) is 22.3. The third-order valence-corrected chi connectivity index (χ3v) is 27.3. The molecule has 616 valence electrons. The summed E-state index contributed by atoms with van der Waals surface area (Å²) in [7, 11) is -2.53. The van der Waals surface area contributed by atoms with E-state index in [0.717, 1.165) is 74.7 Å². The summed E-state index contributed by atoms with van der Waals surface area (Å²) < 4.78 is 77.5. The first-order chi connectivity index (χ1) is 53.2. The number of nitrogens with one attached hydrogen (secondary N) is 1. The first-order valence-electron chi connectivity index (χ1n) is 41.2. The van der Waals surface area contributed by atoms with Gasteiger partial charge < -0.3 is 84.2 Å². The van der Waals surface area contributed by atoms with Crippen LogP contribution in [0.3, 0.4) is 0 Å². The molecule has 26 nitrogen and oxygen atoms in total. The van der Waals surface area contributed by atoms with Crippen LogP contribution in [0.2, 0.25) is 0 Å². The highest BCUT2D eigenvalue weighted by molar-refractivity contribution is 6.49. The molecule has 113 heavy (non-hydrogen) atoms. The number of nitrogens with two attached hydrogens (primary N) is 2. The molecule has 3 aromatic carbocycles. The Kier molecular flexibility index (Phi) is 25.1. The van der Waals surface area contributed by atoms with Crippen molar-refractivity contribution in [1.82, 2.24) is 49.4 Å². The lowest BCUT2D eigenvalue weighted by Gasteiger charge is -2.36. The zero-order chi connectivity index (χ0) is 81.3. The number of carbonyl (C=O) groups is 6. The predicted molar refractivity (Wildman–Crippen MR) is 421 cm³/mol. The molecule has 0 aliphatic carbocycles. The maximum Gasteiger partial charge on any atom is 0.482 e. The van der Waals surface area contributed by atoms with Gasteiger partial charge in [-0.25, -0.2) is 13.2 Å². The summed E-state index contributed by atoms with van der Waals surface area (Å²) in [5.74, 6) is -1.82. The summed E-state index contributed by atoms with van der Waals surface area (Å²) in [4.78, 5) is 95.3. The molecule has 6 amide bonds. The number of benzene rings is 3. The minimum Gasteiger partial charge on any atom is -0.426 e. The van der Waals surface area contributed by atoms with Crippen molar-refractivity contribution in [3.8, 4) is 0 Å². The van der Waals surface area contributed by atoms with Crippen LogP contribution in [0.1, 0.15) is 177 Å². The van der Waals surface area contributed by atoms with E-state index in [4.69, 9.17) is 39.4 Å². The monoisotopic (exact) mass is 1570 g/mol. The number of halogens is 3. The largest absolute Gasteiger partial charge is 0.482 e. The number of nitrogens with zero attached hydrogens (tertiary/aromatic N) is 9. The molecule has 16 rings (SSSR count). The molecule has 0 aromatic heterocycles. The standard InChI is InChI=1S/C26H37BFN3O4.C25H36BFN4O4.C19H26BFN4O4.C10H20BNO2/c1-17(23(32)30-11-7-10-22(30)27-34-25(2,3)26(4,5)35-27)14-29-16-20-13-21(29)24(33)31(20)15-18-8-6-9-19(28)12-18;1-24(2)25(3,4)35-26(34-24)21-9-6-10-30(21)22(32)19(28)15-29-14-18-12-20(29)23(33)31(18)13-16-7-5-8-17(27)11-16;21-13-4-1-3-12(7-13)9-25-14-8-16(19(25)27)23(10-14)11-15(22)18(26)24-6-2-5-17(24)20(28)29;1-9(2)10(3,4)14-11(13-9)8-6-5-7-12-8/h6,8-9,12,17,20-22H,7,10-11,13-16H2,1-5H3;5,7-8,11,18-21H,6,9-10,12-15,28H2,1-4H3;1,3-4,7,14-17,28-29H,2,5-6,8-11,22H2;8,12H,5-7H2,1-4H3/t17-,20-,21?,22?;18-,19-,20?,21?;14-,15-,16?,17?;/m000./s1. The number of piperazine rings is 3. The Morgan fingerprint density at radius 1 is 0.487 bits per heavy atom. The van der Waals surface area contributed by atoms with Gasteiger partial charge in [0.2, 0.25) is 35.4 Å². The van der Waals surface area contributed by atoms with Crippen LogP contribution in [-0.2, 0) is 76.3 Å². The maximum atomic E-state index is 13.6. The van der Waals surface area contributed by atoms with E-state index in [2.05, 4.69) is 37.9 Å². The lowest BCUT2D eigenvalue weighted by atomic mass is 9.76. The quantitative estimate of drug-likeness (QED) is 0.101. The van der Waals surface area contributed by atoms with Crippen LogP contribution in [-0.4, -0.2) is 289 Å². The van der Waals surface area contributed by atoms with Crippen LogP contribution in [0.4, 0.5) is 13.2 Å². The molecule has 3 aromatic rings. The molecule has 0 saturated carbocycles. The van der Waals surface area contributed by atoms with Crippen molar-refractivity contribution in [2.45, 2.75) is 286 Å². The Morgan fingerprint density at radius 3 is 1.17 bits per heavy atom. The highest BCUT2D eigenvalue weighted by Gasteiger charge is 2.61. The Labute approximate surface area is 665 Å². The van der Waals surface area contributed by atoms with Crippen molar-refractivity contribution in [2.24, 2.45) is 17.4 Å². The second kappa shape index (κ2) is 33.4. The van der Waals surface area contributed by atoms with Gasteiger partial charge in [0.1, 0.15) is 17.5 Å². The van der Waals surface area contributed by atoms with Gasteiger partial charge in [0, 0.05) is 109 Å². The second-order valence-corrected chi connectivity index (χ2v) is 36.7. The first-order valence-corrected chi connectivity index (χ1v) is 41.2. The lowest BCUT2D eigenvalue weighted by molar-refractivity contribution is -0.141. The van der Waals surface area contributed by atoms with Gasteiger partial charge in [-0.15, -0.1) is 0 Å². The summed E-state index contributed by atoms with van der Waals surface area (Å²) in [6.07, 6.45) is 9.33. The zero-order valence-corrected chi connectivity index (χ0v) is 68.3. The van der Waals surface area contributed by atoms with Crippen LogP contribution in [0.5, 0.6) is 0 Å². The molecule has 13 saturated heterocycles. The van der Waals surface area contributed by atoms with Crippen molar-refractivity contribution in [2.75, 3.05) is 65.4 Å². The lowest BCUT2D eigenvalue weighted by Crippen LogP contribution is -2.57. The molecule has 0 spiro atoms. The van der Waals surface area contributed by atoms with E-state index < -0.39 is 61.8 Å². The second-order valence-electron chi connectivity index (χ2n) is 36.7. The molecule has 6 bridgehead atoms. The highest BCUT2D eigenvalue weighted by Crippen LogP contribution is 2.44. The molecule has 13 aliphatic rings. The molecular formula is C80H119B4F3N12O14. The topological polar surface area (TPSA) is 291 Å². The molecule has 13 aliphatic heterocycles. The van der Waals surface area contributed by atoms with Crippen molar-refractivity contribution in [3.05, 3.63) is 107 Å². The number of likely N-dealkylation sites (tertiary alicyclic amines) is 9. The third kappa shape index (κ3) is 17.8. The van der Waals surface area contributed by atoms with E-state index in [1.54, 1.807) is 29.2 Å². The van der Waals surface area contributed by atoms with Gasteiger partial charge in [-0.3, -0.25) is 43.5 Å². The van der Waals surface area contributed by atoms with E-state index >= 15 is 0 Å². The molecule has 0 radical (unpaired) electrons. The Morgan fingerprint density at radius 2 is 0.823 bits per heavy atom. The van der Waals surface area contributed by atoms with Crippen molar-refractivity contribution in [3.63, 3.8) is 0 Å². The fraction of sp³-hybridized carbons (Fsp3) is 0.700. The molecular weight excluding hydrogens is 1450 g/mol. The third-order valence-electron chi connectivity index (χ3n) is 27.3. The van der Waals surface area contributed by atoms with Gasteiger partial charge in [0.05, 0.1) is 81.6 Å². The van der Waals surface area contributed by atoms with E-state index in [0.29, 0.717) is 90.7 Å². The van der Waals surface area contributed by atoms with Gasteiger partial charge in [-0.2, -0.15) is 0 Å². The average Bonchev–Trinajstić information content (AvgIpc) is 1.61. The normalized spacial score (nSPS) is 30.4. The minimum atomic E-state index is -1.57. The van der Waals surface area contributed by atoms with E-state index in [1.807, 2.05) is 104 Å². The summed E-state index contributed by atoms with van der Waals surface area (Å²) in [5.41, 5.74) is 12.8. The number of carbonyl (C=O) groups excluding carboxylic acids is 6. The van der Waals surface area contributed by atoms with Gasteiger partial charge >= 0.3 is 28.5 Å². The predicted octanol–water partition coefficient (Wildman–Crippen LogP) is 4.74. The SMILES string of the molecule is CC1(C)OB(C2CCCN2)OC1(C)C.CC1(C)OB(C2CCCN2C(=O)[C@@H](N)CN2C[C@@H]3CC2C(=O)N3Cc2cccc(F)c2)OC1(C)C.C[C@@H](CN1C[C@@H]2CC1C(=O)N2Cc1cccc(F)c1)C(=O)N1CCCC1B1OC(C)(C)C(C)(C)O1.N[C@@H](CN1C[C@@H]2CC1C(=O)N2Cc1cccc(F)c1)C(=O)N1CCCC1B(O)O. The van der Waals surface area contributed by atoms with Gasteiger partial charge in [-0.1, -0.05) is 43.3 Å². The molecule has 13 fully saturated rings. The Balaban J connectivity index is 0.000000137. The van der Waals surface area contributed by atoms with Gasteiger partial charge in [0.15, 0.2) is 0 Å². The maximum absolute atomic E-state index is 13.6. The van der Waals surface area contributed by atoms with Crippen molar-refractivity contribution in [1.29, 1.82) is 0 Å².